The zero-order valence-electron chi connectivity index (χ0n) is 10.6. The predicted octanol–water partition coefficient (Wildman–Crippen LogP) is 2.88. The number of hydrogen-bond acceptors (Lipinski definition) is 3. The summed E-state index contributed by atoms with van der Waals surface area (Å²) in [6.07, 6.45) is 0. The molecule has 0 spiro atoms. The molecule has 2 aromatic carbocycles. The van der Waals surface area contributed by atoms with Gasteiger partial charge < -0.3 is 5.73 Å². The topological polar surface area (TPSA) is 72.2 Å². The van der Waals surface area contributed by atoms with Crippen molar-refractivity contribution in [2.24, 2.45) is 5.73 Å². The minimum Gasteiger partial charge on any atom is -0.326 e. The minimum absolute atomic E-state index is 0.0787. The minimum atomic E-state index is -3.95. The molecule has 0 aromatic heterocycles. The van der Waals surface area contributed by atoms with Crippen molar-refractivity contribution in [2.45, 2.75) is 11.4 Å². The summed E-state index contributed by atoms with van der Waals surface area (Å²) in [7, 11) is -3.95. The summed E-state index contributed by atoms with van der Waals surface area (Å²) in [6, 6.07) is 6.68. The molecule has 112 valence electrons. The van der Waals surface area contributed by atoms with Crippen LogP contribution in [0.5, 0.6) is 0 Å². The van der Waals surface area contributed by atoms with Gasteiger partial charge in [-0.3, -0.25) is 4.72 Å². The summed E-state index contributed by atoms with van der Waals surface area (Å²) >= 11 is 5.58. The van der Waals surface area contributed by atoms with Crippen LogP contribution in [0.1, 0.15) is 5.56 Å². The largest absolute Gasteiger partial charge is 0.326 e. The Kier molecular flexibility index (Phi) is 4.46. The van der Waals surface area contributed by atoms with E-state index in [-0.39, 0.29) is 27.7 Å². The van der Waals surface area contributed by atoms with E-state index in [4.69, 9.17) is 17.3 Å². The molecule has 0 saturated heterocycles. The van der Waals surface area contributed by atoms with Crippen molar-refractivity contribution in [3.63, 3.8) is 0 Å². The molecule has 0 aliphatic carbocycles. The number of benzene rings is 2. The Morgan fingerprint density at radius 1 is 1.10 bits per heavy atom. The monoisotopic (exact) mass is 332 g/mol. The third-order valence-electron chi connectivity index (χ3n) is 2.72. The zero-order valence-corrected chi connectivity index (χ0v) is 12.2. The van der Waals surface area contributed by atoms with Crippen molar-refractivity contribution < 1.29 is 17.2 Å². The Balaban J connectivity index is 2.35. The van der Waals surface area contributed by atoms with Crippen LogP contribution >= 0.6 is 11.6 Å². The lowest BCUT2D eigenvalue weighted by molar-refractivity contribution is 0.596. The molecule has 0 unspecified atom stereocenters. The van der Waals surface area contributed by atoms with Crippen molar-refractivity contribution in [2.75, 3.05) is 4.72 Å². The lowest BCUT2D eigenvalue weighted by Gasteiger charge is -2.10. The molecular formula is C13H11ClF2N2O2S. The van der Waals surface area contributed by atoms with Crippen molar-refractivity contribution >= 4 is 27.3 Å². The number of anilines is 1. The number of nitrogens with two attached hydrogens (primary N) is 1. The first-order valence-electron chi connectivity index (χ1n) is 5.80. The highest BCUT2D eigenvalue weighted by molar-refractivity contribution is 7.92. The molecule has 0 saturated carbocycles. The second-order valence-electron chi connectivity index (χ2n) is 4.19. The second-order valence-corrected chi connectivity index (χ2v) is 6.28. The van der Waals surface area contributed by atoms with Crippen molar-refractivity contribution in [1.82, 2.24) is 0 Å². The molecule has 0 radical (unpaired) electrons. The molecule has 0 amide bonds. The molecule has 0 fully saturated rings. The SMILES string of the molecule is NCc1cc(S(=O)(=O)Nc2ccc(F)c(Cl)c2)ccc1F. The van der Waals surface area contributed by atoms with E-state index in [1.807, 2.05) is 0 Å². The van der Waals surface area contributed by atoms with Gasteiger partial charge in [-0.1, -0.05) is 11.6 Å². The van der Waals surface area contributed by atoms with Gasteiger partial charge in [-0.2, -0.15) is 0 Å². The number of nitrogens with one attached hydrogen (secondary N) is 1. The molecule has 4 nitrogen and oxygen atoms in total. The maximum Gasteiger partial charge on any atom is 0.261 e. The summed E-state index contributed by atoms with van der Waals surface area (Å²) < 4.78 is 52.9. The van der Waals surface area contributed by atoms with Crippen LogP contribution in [-0.4, -0.2) is 8.42 Å². The zero-order chi connectivity index (χ0) is 15.6. The molecule has 0 heterocycles. The average molecular weight is 333 g/mol. The van der Waals surface area contributed by atoms with Crippen LogP contribution in [0.2, 0.25) is 5.02 Å². The maximum atomic E-state index is 13.3. The van der Waals surface area contributed by atoms with Crippen LogP contribution in [-0.2, 0) is 16.6 Å². The van der Waals surface area contributed by atoms with Gasteiger partial charge in [0.05, 0.1) is 15.6 Å². The van der Waals surface area contributed by atoms with Gasteiger partial charge in [-0.15, -0.1) is 0 Å². The highest BCUT2D eigenvalue weighted by atomic mass is 35.5. The van der Waals surface area contributed by atoms with Crippen LogP contribution < -0.4 is 10.5 Å². The molecule has 0 aliphatic heterocycles. The van der Waals surface area contributed by atoms with Gasteiger partial charge in [0.25, 0.3) is 10.0 Å². The molecule has 2 rings (SSSR count). The Labute approximate surface area is 125 Å². The quantitative estimate of drug-likeness (QED) is 0.904. The molecule has 0 atom stereocenters. The normalized spacial score (nSPS) is 11.4. The first kappa shape index (κ1) is 15.7. The fourth-order valence-electron chi connectivity index (χ4n) is 1.65. The summed E-state index contributed by atoms with van der Waals surface area (Å²) in [6.45, 7) is -0.127. The molecule has 8 heteroatoms. The van der Waals surface area contributed by atoms with E-state index in [1.165, 1.54) is 6.07 Å². The molecule has 0 bridgehead atoms. The number of hydrogen-bond donors (Lipinski definition) is 2. The van der Waals surface area contributed by atoms with E-state index >= 15 is 0 Å². The van der Waals surface area contributed by atoms with Gasteiger partial charge >= 0.3 is 0 Å². The fraction of sp³-hybridized carbons (Fsp3) is 0.0769. The van der Waals surface area contributed by atoms with Crippen molar-refractivity contribution in [1.29, 1.82) is 0 Å². The Hall–Kier alpha value is -1.70. The highest BCUT2D eigenvalue weighted by Crippen LogP contribution is 2.23. The number of sulfonamides is 1. The lowest BCUT2D eigenvalue weighted by Crippen LogP contribution is -2.14. The van der Waals surface area contributed by atoms with Gasteiger partial charge in [0.2, 0.25) is 0 Å². The van der Waals surface area contributed by atoms with Gasteiger partial charge in [0.1, 0.15) is 11.6 Å². The standard InChI is InChI=1S/C13H11ClF2N2O2S/c14-11-6-9(1-3-13(11)16)18-21(19,20)10-2-4-12(15)8(5-10)7-17/h1-6,18H,7,17H2. The van der Waals surface area contributed by atoms with Gasteiger partial charge in [0.15, 0.2) is 0 Å². The fourth-order valence-corrected chi connectivity index (χ4v) is 2.93. The van der Waals surface area contributed by atoms with E-state index in [0.717, 1.165) is 30.3 Å². The Bertz CT molecular complexity index is 782. The third-order valence-corrected chi connectivity index (χ3v) is 4.39. The average Bonchev–Trinajstić information content (AvgIpc) is 2.43. The van der Waals surface area contributed by atoms with Crippen LogP contribution in [0, 0.1) is 11.6 Å². The maximum absolute atomic E-state index is 13.3. The Morgan fingerprint density at radius 2 is 1.76 bits per heavy atom. The lowest BCUT2D eigenvalue weighted by atomic mass is 10.2. The summed E-state index contributed by atoms with van der Waals surface area (Å²) in [5.41, 5.74) is 5.51. The van der Waals surface area contributed by atoms with E-state index in [1.54, 1.807) is 0 Å². The first-order chi connectivity index (χ1) is 9.83. The Morgan fingerprint density at radius 3 is 2.38 bits per heavy atom. The molecule has 3 N–H and O–H groups in total. The van der Waals surface area contributed by atoms with E-state index < -0.39 is 21.7 Å². The van der Waals surface area contributed by atoms with Crippen LogP contribution in [0.3, 0.4) is 0 Å². The van der Waals surface area contributed by atoms with E-state index in [0.29, 0.717) is 0 Å². The molecule has 21 heavy (non-hydrogen) atoms. The number of halogens is 3. The van der Waals surface area contributed by atoms with Gasteiger partial charge in [-0.25, -0.2) is 17.2 Å². The molecule has 0 aliphatic rings. The van der Waals surface area contributed by atoms with Crippen LogP contribution in [0.15, 0.2) is 41.3 Å². The van der Waals surface area contributed by atoms with E-state index in [2.05, 4.69) is 4.72 Å². The highest BCUT2D eigenvalue weighted by Gasteiger charge is 2.16. The summed E-state index contributed by atoms with van der Waals surface area (Å²) in [5, 5.41) is -0.211. The van der Waals surface area contributed by atoms with E-state index in [9.17, 15) is 17.2 Å². The summed E-state index contributed by atoms with van der Waals surface area (Å²) in [5.74, 6) is -1.24. The van der Waals surface area contributed by atoms with Crippen LogP contribution in [0.4, 0.5) is 14.5 Å². The molecule has 2 aromatic rings. The second kappa shape index (κ2) is 5.97. The van der Waals surface area contributed by atoms with Crippen molar-refractivity contribution in [3.8, 4) is 0 Å². The van der Waals surface area contributed by atoms with Gasteiger partial charge in [0, 0.05) is 12.1 Å². The first-order valence-corrected chi connectivity index (χ1v) is 7.66. The molecular weight excluding hydrogens is 322 g/mol. The summed E-state index contributed by atoms with van der Waals surface area (Å²) in [4.78, 5) is -0.148. The van der Waals surface area contributed by atoms with Crippen molar-refractivity contribution in [3.05, 3.63) is 58.6 Å². The van der Waals surface area contributed by atoms with Gasteiger partial charge in [-0.05, 0) is 36.4 Å². The predicted molar refractivity (Wildman–Crippen MR) is 76.5 cm³/mol. The third kappa shape index (κ3) is 3.49. The van der Waals surface area contributed by atoms with Crippen LogP contribution in [0.25, 0.3) is 0 Å². The smallest absolute Gasteiger partial charge is 0.261 e. The number of rotatable bonds is 4.